The quantitative estimate of drug-likeness (QED) is 0.884. The predicted molar refractivity (Wildman–Crippen MR) is 101 cm³/mol. The molecule has 0 aliphatic carbocycles. The Morgan fingerprint density at radius 3 is 2.58 bits per heavy atom. The van der Waals surface area contributed by atoms with Crippen LogP contribution in [-0.4, -0.2) is 40.3 Å². The molecule has 2 unspecified atom stereocenters. The highest BCUT2D eigenvalue weighted by Crippen LogP contribution is 2.31. The van der Waals surface area contributed by atoms with Gasteiger partial charge in [0.05, 0.1) is 5.75 Å². The molecule has 0 saturated carbocycles. The Hall–Kier alpha value is -1.49. The maximum absolute atomic E-state index is 13.1. The third-order valence-corrected chi connectivity index (χ3v) is 6.12. The molecule has 1 aromatic carbocycles. The number of thioether (sulfide) groups is 1. The second-order valence-corrected chi connectivity index (χ2v) is 7.99. The van der Waals surface area contributed by atoms with E-state index in [0.29, 0.717) is 24.0 Å². The van der Waals surface area contributed by atoms with Crippen molar-refractivity contribution in [1.82, 2.24) is 4.90 Å². The molecule has 0 bridgehead atoms. The van der Waals surface area contributed by atoms with Gasteiger partial charge in [0.25, 0.3) is 5.91 Å². The van der Waals surface area contributed by atoms with Gasteiger partial charge in [-0.3, -0.25) is 9.59 Å². The van der Waals surface area contributed by atoms with Gasteiger partial charge in [-0.05, 0) is 37.8 Å². The number of anilines is 1. The maximum Gasteiger partial charge on any atom is 0.250 e. The molecule has 1 aliphatic rings. The molecular formula is C19H28N2O2S. The maximum atomic E-state index is 13.1. The SMILES string of the molecule is CCC(C)CN1C(=O)CSCC1(C)C(=O)Nc1c(C)cccc1C. The van der Waals surface area contributed by atoms with Crippen LogP contribution in [0.15, 0.2) is 18.2 Å². The van der Waals surface area contributed by atoms with E-state index in [9.17, 15) is 9.59 Å². The van der Waals surface area contributed by atoms with Crippen LogP contribution < -0.4 is 5.32 Å². The fourth-order valence-electron chi connectivity index (χ4n) is 2.96. The normalized spacial score (nSPS) is 22.4. The molecule has 1 aliphatic heterocycles. The summed E-state index contributed by atoms with van der Waals surface area (Å²) in [6.45, 7) is 10.7. The number of aryl methyl sites for hydroxylation is 2. The number of hydrogen-bond acceptors (Lipinski definition) is 3. The number of carbonyl (C=O) groups excluding carboxylic acids is 2. The predicted octanol–water partition coefficient (Wildman–Crippen LogP) is 3.62. The summed E-state index contributed by atoms with van der Waals surface area (Å²) in [7, 11) is 0. The topological polar surface area (TPSA) is 49.4 Å². The van der Waals surface area contributed by atoms with E-state index in [1.807, 2.05) is 39.0 Å². The van der Waals surface area contributed by atoms with Gasteiger partial charge in [-0.1, -0.05) is 38.5 Å². The lowest BCUT2D eigenvalue weighted by molar-refractivity contribution is -0.142. The third-order valence-electron chi connectivity index (χ3n) is 4.91. The number of benzene rings is 1. The smallest absolute Gasteiger partial charge is 0.250 e. The summed E-state index contributed by atoms with van der Waals surface area (Å²) in [4.78, 5) is 27.4. The number of para-hydroxylation sites is 1. The van der Waals surface area contributed by atoms with Gasteiger partial charge in [0.2, 0.25) is 5.91 Å². The standard InChI is InChI=1S/C19H28N2O2S/c1-6-13(2)10-21-16(22)11-24-12-19(21,5)18(23)20-17-14(3)8-7-9-15(17)4/h7-9,13H,6,10-12H2,1-5H3,(H,20,23). The van der Waals surface area contributed by atoms with Gasteiger partial charge in [0.15, 0.2) is 0 Å². The number of hydrogen-bond donors (Lipinski definition) is 1. The first-order valence-electron chi connectivity index (χ1n) is 8.55. The minimum Gasteiger partial charge on any atom is -0.326 e. The minimum absolute atomic E-state index is 0.0608. The zero-order valence-electron chi connectivity index (χ0n) is 15.3. The van der Waals surface area contributed by atoms with Crippen molar-refractivity contribution in [3.05, 3.63) is 29.3 Å². The molecule has 24 heavy (non-hydrogen) atoms. The fraction of sp³-hybridized carbons (Fsp3) is 0.579. The van der Waals surface area contributed by atoms with Crippen LogP contribution in [0.2, 0.25) is 0 Å². The molecule has 4 nitrogen and oxygen atoms in total. The molecule has 132 valence electrons. The van der Waals surface area contributed by atoms with Crippen molar-refractivity contribution in [1.29, 1.82) is 0 Å². The van der Waals surface area contributed by atoms with Crippen LogP contribution in [0.25, 0.3) is 0 Å². The summed E-state index contributed by atoms with van der Waals surface area (Å²) in [5.74, 6) is 1.44. The number of nitrogens with zero attached hydrogens (tertiary/aromatic N) is 1. The van der Waals surface area contributed by atoms with Crippen LogP contribution in [0.3, 0.4) is 0 Å². The van der Waals surface area contributed by atoms with E-state index in [0.717, 1.165) is 23.2 Å². The number of carbonyl (C=O) groups is 2. The number of amides is 2. The van der Waals surface area contributed by atoms with Gasteiger partial charge in [-0.25, -0.2) is 0 Å². The van der Waals surface area contributed by atoms with Crippen LogP contribution in [0.1, 0.15) is 38.3 Å². The van der Waals surface area contributed by atoms with Crippen molar-refractivity contribution in [2.75, 3.05) is 23.4 Å². The van der Waals surface area contributed by atoms with Crippen molar-refractivity contribution >= 4 is 29.3 Å². The second-order valence-electron chi connectivity index (χ2n) is 7.01. The molecule has 1 saturated heterocycles. The summed E-state index contributed by atoms with van der Waals surface area (Å²) in [5.41, 5.74) is 2.12. The zero-order valence-corrected chi connectivity index (χ0v) is 16.1. The van der Waals surface area contributed by atoms with Gasteiger partial charge in [-0.2, -0.15) is 0 Å². The van der Waals surface area contributed by atoms with Gasteiger partial charge < -0.3 is 10.2 Å². The highest BCUT2D eigenvalue weighted by molar-refractivity contribution is 8.00. The van der Waals surface area contributed by atoms with Gasteiger partial charge in [0.1, 0.15) is 5.54 Å². The van der Waals surface area contributed by atoms with Crippen LogP contribution in [0.5, 0.6) is 0 Å². The molecule has 1 N–H and O–H groups in total. The molecule has 1 aromatic rings. The lowest BCUT2D eigenvalue weighted by Gasteiger charge is -2.44. The summed E-state index contributed by atoms with van der Waals surface area (Å²) >= 11 is 1.54. The van der Waals surface area contributed by atoms with Gasteiger partial charge >= 0.3 is 0 Å². The molecular weight excluding hydrogens is 320 g/mol. The molecule has 5 heteroatoms. The highest BCUT2D eigenvalue weighted by Gasteiger charge is 2.45. The fourth-order valence-corrected chi connectivity index (χ4v) is 4.08. The molecule has 1 fully saturated rings. The van der Waals surface area contributed by atoms with E-state index >= 15 is 0 Å². The first kappa shape index (κ1) is 18.8. The molecule has 0 aromatic heterocycles. The lowest BCUT2D eigenvalue weighted by atomic mass is 9.96. The minimum atomic E-state index is -0.807. The van der Waals surface area contributed by atoms with Crippen LogP contribution in [-0.2, 0) is 9.59 Å². The van der Waals surface area contributed by atoms with Gasteiger partial charge in [-0.15, -0.1) is 11.8 Å². The van der Waals surface area contributed by atoms with Crippen LogP contribution in [0, 0.1) is 19.8 Å². The Morgan fingerprint density at radius 1 is 1.38 bits per heavy atom. The van der Waals surface area contributed by atoms with Crippen molar-refractivity contribution in [3.63, 3.8) is 0 Å². The van der Waals surface area contributed by atoms with E-state index in [-0.39, 0.29) is 11.8 Å². The van der Waals surface area contributed by atoms with Crippen molar-refractivity contribution < 1.29 is 9.59 Å². The van der Waals surface area contributed by atoms with Crippen molar-refractivity contribution in [3.8, 4) is 0 Å². The van der Waals surface area contributed by atoms with Gasteiger partial charge in [0, 0.05) is 18.0 Å². The molecule has 2 amide bonds. The largest absolute Gasteiger partial charge is 0.326 e. The number of rotatable bonds is 5. The Labute approximate surface area is 149 Å². The van der Waals surface area contributed by atoms with Crippen LogP contribution >= 0.6 is 11.8 Å². The average molecular weight is 349 g/mol. The first-order valence-corrected chi connectivity index (χ1v) is 9.71. The summed E-state index contributed by atoms with van der Waals surface area (Å²) in [6, 6.07) is 5.96. The van der Waals surface area contributed by atoms with Crippen molar-refractivity contribution in [2.45, 2.75) is 46.6 Å². The Bertz CT molecular complexity index is 612. The molecule has 0 radical (unpaired) electrons. The second kappa shape index (κ2) is 7.60. The molecule has 2 atom stereocenters. The van der Waals surface area contributed by atoms with Crippen LogP contribution in [0.4, 0.5) is 5.69 Å². The first-order chi connectivity index (χ1) is 11.3. The van der Waals surface area contributed by atoms with E-state index in [1.54, 1.807) is 16.7 Å². The van der Waals surface area contributed by atoms with E-state index in [1.165, 1.54) is 0 Å². The Morgan fingerprint density at radius 2 is 2.00 bits per heavy atom. The molecule has 0 spiro atoms. The summed E-state index contributed by atoms with van der Waals surface area (Å²) < 4.78 is 0. The Balaban J connectivity index is 2.28. The lowest BCUT2D eigenvalue weighted by Crippen LogP contribution is -2.62. The molecule has 2 rings (SSSR count). The summed E-state index contributed by atoms with van der Waals surface area (Å²) in [5, 5.41) is 3.08. The summed E-state index contributed by atoms with van der Waals surface area (Å²) in [6.07, 6.45) is 0.992. The average Bonchev–Trinajstić information content (AvgIpc) is 2.54. The molecule has 1 heterocycles. The van der Waals surface area contributed by atoms with E-state index in [4.69, 9.17) is 0 Å². The van der Waals surface area contributed by atoms with E-state index < -0.39 is 5.54 Å². The van der Waals surface area contributed by atoms with Crippen molar-refractivity contribution in [2.24, 2.45) is 5.92 Å². The number of nitrogens with one attached hydrogen (secondary N) is 1. The highest BCUT2D eigenvalue weighted by atomic mass is 32.2. The van der Waals surface area contributed by atoms with E-state index in [2.05, 4.69) is 19.2 Å². The zero-order chi connectivity index (χ0) is 17.9. The Kier molecular flexibility index (Phi) is 5.97. The third kappa shape index (κ3) is 3.77. The monoisotopic (exact) mass is 348 g/mol.